The van der Waals surface area contributed by atoms with E-state index in [9.17, 15) is 22.4 Å². The van der Waals surface area contributed by atoms with Crippen LogP contribution in [-0.2, 0) is 24.3 Å². The normalized spacial score (nSPS) is 14.6. The summed E-state index contributed by atoms with van der Waals surface area (Å²) in [7, 11) is -2.63. The van der Waals surface area contributed by atoms with Gasteiger partial charge < -0.3 is 19.5 Å². The number of ether oxygens (including phenoxy) is 3. The smallest absolute Gasteiger partial charge is 0.338 e. The summed E-state index contributed by atoms with van der Waals surface area (Å²) in [6, 6.07) is 7.21. The third kappa shape index (κ3) is 5.54. The molecule has 1 N–H and O–H groups in total. The number of carbonyl (C=O) groups excluding carboxylic acids is 2. The standard InChI is InChI=1S/C20H20ClFN2O7S/c1-29-17-5-2-13(10-18(17)32(27,28)24-6-8-30-9-7-24)20(26)31-12-19(25)23-16-4-3-14(22)11-15(16)21/h2-5,10-11H,6-9,12H2,1H3,(H,23,25). The maximum absolute atomic E-state index is 13.1. The zero-order chi connectivity index (χ0) is 23.3. The van der Waals surface area contributed by atoms with Crippen molar-refractivity contribution in [3.8, 4) is 5.75 Å². The van der Waals surface area contributed by atoms with Crippen molar-refractivity contribution in [2.45, 2.75) is 4.90 Å². The van der Waals surface area contributed by atoms with Crippen molar-refractivity contribution in [1.82, 2.24) is 4.31 Å². The first-order chi connectivity index (χ1) is 15.2. The molecule has 9 nitrogen and oxygen atoms in total. The van der Waals surface area contributed by atoms with E-state index < -0.39 is 34.3 Å². The number of esters is 1. The van der Waals surface area contributed by atoms with Gasteiger partial charge in [0, 0.05) is 13.1 Å². The fourth-order valence-electron chi connectivity index (χ4n) is 2.92. The molecule has 0 spiro atoms. The Hall–Kier alpha value is -2.73. The number of anilines is 1. The highest BCUT2D eigenvalue weighted by Gasteiger charge is 2.30. The van der Waals surface area contributed by atoms with Gasteiger partial charge in [-0.05, 0) is 36.4 Å². The molecule has 3 rings (SSSR count). The van der Waals surface area contributed by atoms with Gasteiger partial charge in [0.1, 0.15) is 16.5 Å². The Morgan fingerprint density at radius 3 is 2.56 bits per heavy atom. The van der Waals surface area contributed by atoms with Crippen molar-refractivity contribution in [2.24, 2.45) is 0 Å². The first-order valence-corrected chi connectivity index (χ1v) is 11.2. The fourth-order valence-corrected chi connectivity index (χ4v) is 4.73. The van der Waals surface area contributed by atoms with E-state index in [2.05, 4.69) is 5.32 Å². The van der Waals surface area contributed by atoms with E-state index in [1.807, 2.05) is 0 Å². The molecule has 12 heteroatoms. The van der Waals surface area contributed by atoms with Gasteiger partial charge in [-0.3, -0.25) is 4.79 Å². The molecular weight excluding hydrogens is 467 g/mol. The molecule has 1 aliphatic rings. The molecule has 172 valence electrons. The molecule has 0 radical (unpaired) electrons. The zero-order valence-corrected chi connectivity index (χ0v) is 18.5. The minimum absolute atomic E-state index is 0.0159. The number of nitrogens with zero attached hydrogens (tertiary/aromatic N) is 1. The molecule has 1 saturated heterocycles. The molecule has 0 saturated carbocycles. The molecule has 1 aliphatic heterocycles. The average Bonchev–Trinajstić information content (AvgIpc) is 2.79. The Morgan fingerprint density at radius 2 is 1.91 bits per heavy atom. The number of carbonyl (C=O) groups is 2. The molecule has 0 aromatic heterocycles. The van der Waals surface area contributed by atoms with Gasteiger partial charge in [0.15, 0.2) is 6.61 Å². The van der Waals surface area contributed by atoms with Gasteiger partial charge in [0.05, 0.1) is 36.6 Å². The molecule has 2 aromatic carbocycles. The minimum Gasteiger partial charge on any atom is -0.495 e. The first-order valence-electron chi connectivity index (χ1n) is 9.40. The highest BCUT2D eigenvalue weighted by molar-refractivity contribution is 7.89. The lowest BCUT2D eigenvalue weighted by molar-refractivity contribution is -0.119. The number of amides is 1. The Morgan fingerprint density at radius 1 is 1.19 bits per heavy atom. The Balaban J connectivity index is 1.71. The van der Waals surface area contributed by atoms with Gasteiger partial charge in [-0.1, -0.05) is 11.6 Å². The van der Waals surface area contributed by atoms with Crippen molar-refractivity contribution < 1.29 is 36.6 Å². The maximum Gasteiger partial charge on any atom is 0.338 e. The lowest BCUT2D eigenvalue weighted by Crippen LogP contribution is -2.40. The summed E-state index contributed by atoms with van der Waals surface area (Å²) in [5.74, 6) is -2.12. The van der Waals surface area contributed by atoms with Crippen LogP contribution in [0.3, 0.4) is 0 Å². The molecule has 0 unspecified atom stereocenters. The van der Waals surface area contributed by atoms with Crippen molar-refractivity contribution in [3.05, 3.63) is 52.8 Å². The molecule has 0 atom stereocenters. The molecular formula is C20H20ClFN2O7S. The van der Waals surface area contributed by atoms with Gasteiger partial charge in [-0.15, -0.1) is 0 Å². The molecule has 1 heterocycles. The second-order valence-corrected chi connectivity index (χ2v) is 8.94. The van der Waals surface area contributed by atoms with Crippen molar-refractivity contribution >= 4 is 39.2 Å². The molecule has 1 fully saturated rings. The van der Waals surface area contributed by atoms with Crippen LogP contribution in [0.1, 0.15) is 10.4 Å². The van der Waals surface area contributed by atoms with Crippen LogP contribution in [0.4, 0.5) is 10.1 Å². The van der Waals surface area contributed by atoms with E-state index >= 15 is 0 Å². The second-order valence-electron chi connectivity index (χ2n) is 6.63. The van der Waals surface area contributed by atoms with Crippen molar-refractivity contribution in [2.75, 3.05) is 45.3 Å². The van der Waals surface area contributed by atoms with Crippen LogP contribution >= 0.6 is 11.6 Å². The summed E-state index contributed by atoms with van der Waals surface area (Å²) in [5, 5.41) is 2.38. The average molecular weight is 487 g/mol. The number of hydrogen-bond donors (Lipinski definition) is 1. The SMILES string of the molecule is COc1ccc(C(=O)OCC(=O)Nc2ccc(F)cc2Cl)cc1S(=O)(=O)N1CCOCC1. The molecule has 32 heavy (non-hydrogen) atoms. The van der Waals surface area contributed by atoms with E-state index in [4.69, 9.17) is 25.8 Å². The highest BCUT2D eigenvalue weighted by Crippen LogP contribution is 2.29. The topological polar surface area (TPSA) is 111 Å². The summed E-state index contributed by atoms with van der Waals surface area (Å²) in [5.41, 5.74) is 0.0719. The van der Waals surface area contributed by atoms with E-state index in [1.54, 1.807) is 0 Å². The number of halogens is 2. The Bertz CT molecular complexity index is 1120. The van der Waals surface area contributed by atoms with Crippen LogP contribution in [0.15, 0.2) is 41.3 Å². The summed E-state index contributed by atoms with van der Waals surface area (Å²) in [6.07, 6.45) is 0. The molecule has 0 aliphatic carbocycles. The minimum atomic E-state index is -3.95. The number of nitrogens with one attached hydrogen (secondary N) is 1. The second kappa shape index (κ2) is 10.3. The highest BCUT2D eigenvalue weighted by atomic mass is 35.5. The lowest BCUT2D eigenvalue weighted by atomic mass is 10.2. The zero-order valence-electron chi connectivity index (χ0n) is 17.0. The summed E-state index contributed by atoms with van der Waals surface area (Å²) < 4.78 is 55.6. The number of methoxy groups -OCH3 is 1. The summed E-state index contributed by atoms with van der Waals surface area (Å²) in [4.78, 5) is 24.3. The largest absolute Gasteiger partial charge is 0.495 e. The first kappa shape index (κ1) is 23.9. The third-order valence-corrected chi connectivity index (χ3v) is 6.76. The molecule has 1 amide bonds. The monoisotopic (exact) mass is 486 g/mol. The van der Waals surface area contributed by atoms with E-state index in [0.29, 0.717) is 0 Å². The van der Waals surface area contributed by atoms with Crippen molar-refractivity contribution in [1.29, 1.82) is 0 Å². The predicted molar refractivity (Wildman–Crippen MR) is 113 cm³/mol. The van der Waals surface area contributed by atoms with Crippen LogP contribution < -0.4 is 10.1 Å². The van der Waals surface area contributed by atoms with E-state index in [-0.39, 0.29) is 53.2 Å². The van der Waals surface area contributed by atoms with Gasteiger partial charge in [-0.25, -0.2) is 17.6 Å². The van der Waals surface area contributed by atoms with Gasteiger partial charge in [-0.2, -0.15) is 4.31 Å². The van der Waals surface area contributed by atoms with Gasteiger partial charge >= 0.3 is 5.97 Å². The van der Waals surface area contributed by atoms with Crippen LogP contribution in [-0.4, -0.2) is 64.6 Å². The van der Waals surface area contributed by atoms with Crippen LogP contribution in [0, 0.1) is 5.82 Å². The predicted octanol–water partition coefficient (Wildman–Crippen LogP) is 2.30. The summed E-state index contributed by atoms with van der Waals surface area (Å²) >= 11 is 5.84. The molecule has 2 aromatic rings. The lowest BCUT2D eigenvalue weighted by Gasteiger charge is -2.26. The Kier molecular flexibility index (Phi) is 7.67. The number of sulfonamides is 1. The molecule has 0 bridgehead atoms. The number of morpholine rings is 1. The van der Waals surface area contributed by atoms with Crippen LogP contribution in [0.5, 0.6) is 5.75 Å². The fraction of sp³-hybridized carbons (Fsp3) is 0.300. The maximum atomic E-state index is 13.1. The summed E-state index contributed by atoms with van der Waals surface area (Å²) in [6.45, 7) is 0.204. The Labute approximate surface area is 189 Å². The number of hydrogen-bond acceptors (Lipinski definition) is 7. The number of rotatable bonds is 7. The van der Waals surface area contributed by atoms with Gasteiger partial charge in [0.25, 0.3) is 5.91 Å². The van der Waals surface area contributed by atoms with Crippen LogP contribution in [0.2, 0.25) is 5.02 Å². The van der Waals surface area contributed by atoms with E-state index in [1.165, 1.54) is 29.6 Å². The third-order valence-electron chi connectivity index (χ3n) is 4.53. The van der Waals surface area contributed by atoms with Crippen molar-refractivity contribution in [3.63, 3.8) is 0 Å². The van der Waals surface area contributed by atoms with Gasteiger partial charge in [0.2, 0.25) is 10.0 Å². The number of benzene rings is 2. The van der Waals surface area contributed by atoms with E-state index in [0.717, 1.165) is 18.2 Å². The quantitative estimate of drug-likeness (QED) is 0.598. The van der Waals surface area contributed by atoms with Crippen LogP contribution in [0.25, 0.3) is 0 Å².